The number of ether oxygens (including phenoxy) is 1. The monoisotopic (exact) mass is 429 g/mol. The van der Waals surface area contributed by atoms with Crippen LogP contribution in [0.25, 0.3) is 0 Å². The standard InChI is InChI=1S/C21H24FN5O2S/c22-17-3-1-2-16(14-17)20(28)26-6-8-27(9-7-26)21(30)24-18-4-5-19(23-15-18)25-10-12-29-13-11-25/h1-5,14-15H,6-13H2,(H,24,30). The van der Waals surface area contributed by atoms with Gasteiger partial charge in [-0.15, -0.1) is 0 Å². The Kier molecular flexibility index (Phi) is 6.39. The zero-order chi connectivity index (χ0) is 20.9. The van der Waals surface area contributed by atoms with E-state index in [4.69, 9.17) is 17.0 Å². The number of rotatable bonds is 3. The van der Waals surface area contributed by atoms with Crippen LogP contribution < -0.4 is 10.2 Å². The van der Waals surface area contributed by atoms with E-state index in [1.807, 2.05) is 17.0 Å². The van der Waals surface area contributed by atoms with Gasteiger partial charge in [-0.3, -0.25) is 4.79 Å². The molecule has 2 aliphatic heterocycles. The van der Waals surface area contributed by atoms with Crippen LogP contribution in [-0.2, 0) is 4.74 Å². The first-order chi connectivity index (χ1) is 14.6. The fourth-order valence-electron chi connectivity index (χ4n) is 3.56. The molecule has 2 fully saturated rings. The largest absolute Gasteiger partial charge is 0.378 e. The average Bonchev–Trinajstić information content (AvgIpc) is 2.80. The second-order valence-corrected chi connectivity index (χ2v) is 7.61. The van der Waals surface area contributed by atoms with E-state index >= 15 is 0 Å². The molecule has 2 aliphatic rings. The van der Waals surface area contributed by atoms with E-state index in [9.17, 15) is 9.18 Å². The molecule has 1 amide bonds. The van der Waals surface area contributed by atoms with Gasteiger partial charge in [0.1, 0.15) is 11.6 Å². The Balaban J connectivity index is 1.28. The van der Waals surface area contributed by atoms with Crippen molar-refractivity contribution in [1.29, 1.82) is 0 Å². The normalized spacial score (nSPS) is 17.0. The summed E-state index contributed by atoms with van der Waals surface area (Å²) >= 11 is 5.54. The van der Waals surface area contributed by atoms with Gasteiger partial charge in [0.05, 0.1) is 25.1 Å². The lowest BCUT2D eigenvalue weighted by atomic mass is 10.2. The number of benzene rings is 1. The molecule has 0 spiro atoms. The van der Waals surface area contributed by atoms with Crippen LogP contribution in [0.5, 0.6) is 0 Å². The summed E-state index contributed by atoms with van der Waals surface area (Å²) < 4.78 is 18.8. The maximum absolute atomic E-state index is 13.4. The van der Waals surface area contributed by atoms with Gasteiger partial charge in [-0.25, -0.2) is 9.37 Å². The highest BCUT2D eigenvalue weighted by Gasteiger charge is 2.23. The number of hydrogen-bond acceptors (Lipinski definition) is 5. The quantitative estimate of drug-likeness (QED) is 0.751. The summed E-state index contributed by atoms with van der Waals surface area (Å²) in [5.41, 5.74) is 1.20. The van der Waals surface area contributed by atoms with Gasteiger partial charge in [0.2, 0.25) is 0 Å². The molecule has 0 unspecified atom stereocenters. The van der Waals surface area contributed by atoms with Crippen molar-refractivity contribution in [3.05, 3.63) is 54.0 Å². The zero-order valence-electron chi connectivity index (χ0n) is 16.6. The summed E-state index contributed by atoms with van der Waals surface area (Å²) in [6.07, 6.45) is 1.78. The molecule has 0 aliphatic carbocycles. The van der Waals surface area contributed by atoms with Crippen LogP contribution in [0.2, 0.25) is 0 Å². The predicted octanol–water partition coefficient (Wildman–Crippen LogP) is 2.21. The van der Waals surface area contributed by atoms with E-state index in [1.54, 1.807) is 23.2 Å². The van der Waals surface area contributed by atoms with Gasteiger partial charge in [0.25, 0.3) is 5.91 Å². The number of hydrogen-bond donors (Lipinski definition) is 1. The number of carbonyl (C=O) groups is 1. The minimum absolute atomic E-state index is 0.157. The van der Waals surface area contributed by atoms with Crippen molar-refractivity contribution in [1.82, 2.24) is 14.8 Å². The number of morpholine rings is 1. The number of aromatic nitrogens is 1. The van der Waals surface area contributed by atoms with E-state index in [-0.39, 0.29) is 5.91 Å². The molecule has 1 aromatic carbocycles. The number of pyridine rings is 1. The molecule has 0 saturated carbocycles. The number of anilines is 2. The van der Waals surface area contributed by atoms with Crippen molar-refractivity contribution in [2.45, 2.75) is 0 Å². The fourth-order valence-corrected chi connectivity index (χ4v) is 3.86. The molecule has 1 aromatic heterocycles. The van der Waals surface area contributed by atoms with E-state index in [2.05, 4.69) is 15.2 Å². The van der Waals surface area contributed by atoms with Crippen LogP contribution in [0, 0.1) is 5.82 Å². The molecule has 9 heteroatoms. The smallest absolute Gasteiger partial charge is 0.254 e. The Bertz CT molecular complexity index is 897. The molecule has 0 bridgehead atoms. The van der Waals surface area contributed by atoms with Gasteiger partial charge in [-0.2, -0.15) is 0 Å². The molecule has 2 aromatic rings. The van der Waals surface area contributed by atoms with Crippen molar-refractivity contribution >= 4 is 34.7 Å². The summed E-state index contributed by atoms with van der Waals surface area (Å²) in [6.45, 7) is 5.43. The number of thiocarbonyl (C=S) groups is 1. The average molecular weight is 430 g/mol. The summed E-state index contributed by atoms with van der Waals surface area (Å²) in [5, 5.41) is 3.83. The minimum Gasteiger partial charge on any atom is -0.378 e. The van der Waals surface area contributed by atoms with Gasteiger partial charge in [-0.05, 0) is 42.5 Å². The van der Waals surface area contributed by atoms with E-state index < -0.39 is 5.82 Å². The third-order valence-electron chi connectivity index (χ3n) is 5.26. The molecular formula is C21H24FN5O2S. The molecule has 2 saturated heterocycles. The highest BCUT2D eigenvalue weighted by atomic mass is 32.1. The van der Waals surface area contributed by atoms with Gasteiger partial charge >= 0.3 is 0 Å². The number of nitrogens with one attached hydrogen (secondary N) is 1. The number of piperazine rings is 1. The molecular weight excluding hydrogens is 405 g/mol. The second kappa shape index (κ2) is 9.36. The topological polar surface area (TPSA) is 60.9 Å². The molecule has 30 heavy (non-hydrogen) atoms. The SMILES string of the molecule is O=C(c1cccc(F)c1)N1CCN(C(=S)Nc2ccc(N3CCOCC3)nc2)CC1. The number of nitrogens with zero attached hydrogens (tertiary/aromatic N) is 4. The lowest BCUT2D eigenvalue weighted by Gasteiger charge is -2.36. The van der Waals surface area contributed by atoms with Crippen LogP contribution in [0.3, 0.4) is 0 Å². The first-order valence-electron chi connectivity index (χ1n) is 10.00. The Morgan fingerprint density at radius 1 is 1.03 bits per heavy atom. The summed E-state index contributed by atoms with van der Waals surface area (Å²) in [5.74, 6) is 0.369. The maximum atomic E-state index is 13.4. The predicted molar refractivity (Wildman–Crippen MR) is 117 cm³/mol. The van der Waals surface area contributed by atoms with E-state index in [1.165, 1.54) is 12.1 Å². The summed E-state index contributed by atoms with van der Waals surface area (Å²) in [7, 11) is 0. The first-order valence-corrected chi connectivity index (χ1v) is 10.4. The number of amides is 1. The minimum atomic E-state index is -0.405. The van der Waals surface area contributed by atoms with Crippen LogP contribution in [0.15, 0.2) is 42.6 Å². The van der Waals surface area contributed by atoms with E-state index in [0.29, 0.717) is 36.9 Å². The maximum Gasteiger partial charge on any atom is 0.254 e. The van der Waals surface area contributed by atoms with Gasteiger partial charge in [0, 0.05) is 44.8 Å². The van der Waals surface area contributed by atoms with Crippen LogP contribution in [-0.4, -0.2) is 78.3 Å². The highest BCUT2D eigenvalue weighted by molar-refractivity contribution is 7.80. The molecule has 4 rings (SSSR count). The van der Waals surface area contributed by atoms with Crippen molar-refractivity contribution in [2.24, 2.45) is 0 Å². The Labute approximate surface area is 180 Å². The Morgan fingerprint density at radius 3 is 2.43 bits per heavy atom. The lowest BCUT2D eigenvalue weighted by molar-refractivity contribution is 0.0692. The van der Waals surface area contributed by atoms with Crippen molar-refractivity contribution in [2.75, 3.05) is 62.7 Å². The third kappa shape index (κ3) is 4.85. The lowest BCUT2D eigenvalue weighted by Crippen LogP contribution is -2.51. The second-order valence-electron chi connectivity index (χ2n) is 7.22. The first kappa shape index (κ1) is 20.5. The van der Waals surface area contributed by atoms with Crippen molar-refractivity contribution < 1.29 is 13.9 Å². The van der Waals surface area contributed by atoms with Gasteiger partial charge in [-0.1, -0.05) is 6.07 Å². The van der Waals surface area contributed by atoms with Crippen LogP contribution in [0.1, 0.15) is 10.4 Å². The number of halogens is 1. The Morgan fingerprint density at radius 2 is 1.77 bits per heavy atom. The van der Waals surface area contributed by atoms with Crippen molar-refractivity contribution in [3.63, 3.8) is 0 Å². The number of carbonyl (C=O) groups excluding carboxylic acids is 1. The molecule has 0 atom stereocenters. The van der Waals surface area contributed by atoms with Crippen molar-refractivity contribution in [3.8, 4) is 0 Å². The fraction of sp³-hybridized carbons (Fsp3) is 0.381. The summed E-state index contributed by atoms with van der Waals surface area (Å²) in [4.78, 5) is 23.0. The molecule has 7 nitrogen and oxygen atoms in total. The molecule has 158 valence electrons. The van der Waals surface area contributed by atoms with Gasteiger partial charge < -0.3 is 24.8 Å². The Hall–Kier alpha value is -2.78. The van der Waals surface area contributed by atoms with Crippen LogP contribution in [0.4, 0.5) is 15.9 Å². The van der Waals surface area contributed by atoms with E-state index in [0.717, 1.165) is 37.8 Å². The molecule has 0 radical (unpaired) electrons. The van der Waals surface area contributed by atoms with Crippen LogP contribution >= 0.6 is 12.2 Å². The van der Waals surface area contributed by atoms with Gasteiger partial charge in [0.15, 0.2) is 5.11 Å². The highest BCUT2D eigenvalue weighted by Crippen LogP contribution is 2.17. The zero-order valence-corrected chi connectivity index (χ0v) is 17.4. The summed E-state index contributed by atoms with van der Waals surface area (Å²) in [6, 6.07) is 9.74. The third-order valence-corrected chi connectivity index (χ3v) is 5.62. The molecule has 3 heterocycles. The molecule has 1 N–H and O–H groups in total.